The van der Waals surface area contributed by atoms with Gasteiger partial charge in [-0.1, -0.05) is 38.3 Å². The molecule has 8 nitrogen and oxygen atoms in total. The molecule has 3 aromatic heterocycles. The van der Waals surface area contributed by atoms with Gasteiger partial charge in [-0.3, -0.25) is 0 Å². The fourth-order valence-corrected chi connectivity index (χ4v) is 2.46. The van der Waals surface area contributed by atoms with Crippen LogP contribution in [0, 0.1) is 38.0 Å². The molecule has 0 saturated heterocycles. The molecule has 0 spiro atoms. The Labute approximate surface area is 314 Å². The number of hydrogen-bond acceptors (Lipinski definition) is 7. The quantitative estimate of drug-likeness (QED) is 0.243. The summed E-state index contributed by atoms with van der Waals surface area (Å²) in [6, 6.07) is 1.90. The molecule has 3 heterocycles. The van der Waals surface area contributed by atoms with Gasteiger partial charge in [0.05, 0.1) is 19.9 Å². The summed E-state index contributed by atoms with van der Waals surface area (Å²) in [4.78, 5) is 16.0. The summed E-state index contributed by atoms with van der Waals surface area (Å²) in [6.45, 7) is 2.00. The molecule has 0 aromatic carbocycles. The van der Waals surface area contributed by atoms with Crippen molar-refractivity contribution >= 4 is 29.3 Å². The largest absolute Gasteiger partial charge is 1.00 e. The average molecular weight is 815 g/mol. The monoisotopic (exact) mass is 814 g/mol. The van der Waals surface area contributed by atoms with E-state index in [4.69, 9.17) is 9.47 Å². The van der Waals surface area contributed by atoms with E-state index in [1.165, 1.54) is 25.6 Å². The molecule has 4 rings (SSSR count). The van der Waals surface area contributed by atoms with Gasteiger partial charge >= 0.3 is 120 Å². The Kier molecular flexibility index (Phi) is 24.9. The van der Waals surface area contributed by atoms with Gasteiger partial charge < -0.3 is 42.9 Å². The van der Waals surface area contributed by atoms with Crippen LogP contribution in [0.4, 0.5) is 5.82 Å². The zero-order chi connectivity index (χ0) is 19.8. The first-order valence-corrected chi connectivity index (χ1v) is 9.43. The third-order valence-corrected chi connectivity index (χ3v) is 3.93. The van der Waals surface area contributed by atoms with Crippen LogP contribution >= 0.6 is 0 Å². The third-order valence-electron chi connectivity index (χ3n) is 3.93. The summed E-state index contributed by atoms with van der Waals surface area (Å²) in [5.74, 6) is 1.58. The summed E-state index contributed by atoms with van der Waals surface area (Å²) in [6.07, 6.45) is 9.30. The fraction of sp³-hybridized carbons (Fsp3) is 0.421. The Morgan fingerprint density at radius 2 is 1.55 bits per heavy atom. The number of hydrogen-bond donors (Lipinski definition) is 1. The van der Waals surface area contributed by atoms with Crippen LogP contribution in [-0.4, -0.2) is 52.9 Å². The van der Waals surface area contributed by atoms with Crippen LogP contribution in [0.25, 0.3) is 27.5 Å². The van der Waals surface area contributed by atoms with Gasteiger partial charge in [-0.05, 0) is 23.9 Å². The molecule has 0 aliphatic heterocycles. The van der Waals surface area contributed by atoms with Crippen LogP contribution < -0.4 is 130 Å². The van der Waals surface area contributed by atoms with E-state index in [9.17, 15) is 0 Å². The predicted molar refractivity (Wildman–Crippen MR) is 113 cm³/mol. The summed E-state index contributed by atoms with van der Waals surface area (Å²) >= 11 is 4.08. The molecule has 0 unspecified atom stereocenters. The molecule has 1 aliphatic carbocycles. The first kappa shape index (κ1) is 37.8. The van der Waals surface area contributed by atoms with E-state index in [1.54, 1.807) is 33.7 Å². The molecule has 3 aromatic rings. The molecule has 1 fully saturated rings. The number of aromatic amines is 1. The second kappa shape index (κ2) is 20.4. The van der Waals surface area contributed by atoms with Crippen molar-refractivity contribution in [3.05, 3.63) is 29.5 Å². The summed E-state index contributed by atoms with van der Waals surface area (Å²) in [5.41, 5.74) is 3.50. The van der Waals surface area contributed by atoms with Crippen molar-refractivity contribution in [2.24, 2.45) is 0 Å². The van der Waals surface area contributed by atoms with Crippen LogP contribution in [0.1, 0.15) is 24.8 Å². The van der Waals surface area contributed by atoms with Gasteiger partial charge in [0.15, 0.2) is 0 Å². The minimum atomic E-state index is 0. The number of pyridine rings is 1. The number of fused-ring (bicyclic) bond motifs is 1. The van der Waals surface area contributed by atoms with Gasteiger partial charge in [-0.2, -0.15) is 6.26 Å². The van der Waals surface area contributed by atoms with Crippen molar-refractivity contribution in [2.45, 2.75) is 26.2 Å². The van der Waals surface area contributed by atoms with Crippen molar-refractivity contribution in [2.75, 3.05) is 27.5 Å². The summed E-state index contributed by atoms with van der Waals surface area (Å²) in [5, 5.41) is 5.10. The topological polar surface area (TPSA) is 117 Å². The first-order valence-electron chi connectivity index (χ1n) is 8.62. The van der Waals surface area contributed by atoms with Crippen LogP contribution in [-0.2, 0) is 12.6 Å². The van der Waals surface area contributed by atoms with Crippen molar-refractivity contribution < 1.29 is 166 Å². The molecule has 2 N–H and O–H groups in total. The molecule has 0 bridgehead atoms. The Bertz CT molecular complexity index is 877. The van der Waals surface area contributed by atoms with Gasteiger partial charge in [-0.25, -0.2) is 9.97 Å². The summed E-state index contributed by atoms with van der Waals surface area (Å²) < 4.78 is 10.7. The molecule has 0 radical (unpaired) electrons. The zero-order valence-corrected chi connectivity index (χ0v) is 33.7. The van der Waals surface area contributed by atoms with E-state index in [0.717, 1.165) is 22.2 Å². The molecule has 31 heavy (non-hydrogen) atoms. The molecule has 0 atom stereocenters. The number of H-pyrrole nitrogens is 1. The van der Waals surface area contributed by atoms with Crippen molar-refractivity contribution in [3.8, 4) is 23.0 Å². The van der Waals surface area contributed by atoms with Gasteiger partial charge in [0, 0.05) is 36.6 Å². The van der Waals surface area contributed by atoms with Crippen LogP contribution in [0.5, 0.6) is 11.8 Å². The third kappa shape index (κ3) is 10.8. The zero-order valence-electron chi connectivity index (χ0n) is 19.3. The van der Waals surface area contributed by atoms with Crippen molar-refractivity contribution in [1.82, 2.24) is 19.9 Å². The fourth-order valence-electron chi connectivity index (χ4n) is 2.46. The number of ether oxygens (including phenoxy) is 2. The number of nitrogens with one attached hydrogen (secondary N) is 1. The van der Waals surface area contributed by atoms with Gasteiger partial charge in [-0.15, -0.1) is 0 Å². The van der Waals surface area contributed by atoms with Gasteiger partial charge in [0.25, 0.3) is 0 Å². The van der Waals surface area contributed by atoms with E-state index < -0.39 is 0 Å². The molecule has 1 saturated carbocycles. The Hall–Kier alpha value is 2.22. The van der Waals surface area contributed by atoms with E-state index in [2.05, 4.69) is 37.9 Å². The normalized spacial score (nSPS) is 10.1. The van der Waals surface area contributed by atoms with Crippen molar-refractivity contribution in [3.63, 3.8) is 0 Å². The predicted octanol–water partition coefficient (Wildman–Crippen LogP) is -1.85. The molecule has 12 heteroatoms. The Morgan fingerprint density at radius 1 is 1.03 bits per heavy atom. The van der Waals surface area contributed by atoms with E-state index in [0.29, 0.717) is 23.1 Å². The average Bonchev–Trinajstić information content (AvgIpc) is 3.58. The van der Waals surface area contributed by atoms with E-state index >= 15 is 0 Å². The smallest absolute Gasteiger partial charge is 0.870 e. The minimum Gasteiger partial charge on any atom is -0.870 e. The van der Waals surface area contributed by atoms with E-state index in [1.807, 2.05) is 13.0 Å². The van der Waals surface area contributed by atoms with Crippen LogP contribution in [0.3, 0.4) is 0 Å². The first-order chi connectivity index (χ1) is 13.2. The maximum atomic E-state index is 5.35. The van der Waals surface area contributed by atoms with Crippen molar-refractivity contribution in [1.29, 1.82) is 0 Å². The number of aromatic nitrogens is 4. The van der Waals surface area contributed by atoms with Gasteiger partial charge in [0.1, 0.15) is 11.9 Å². The SMILES string of the molecule is C1CC1.C[N-]c1cc2[nH]c(-c3c(OC)ncnc3OC)c(C)c2cn1.C[S-].[Cs+].[K+].[OH-].[U]. The number of aryl methyl sites for hydroxylation is 1. The number of nitrogens with zero attached hydrogens (tertiary/aromatic N) is 4. The maximum Gasteiger partial charge on any atom is 1.00 e. The second-order valence-corrected chi connectivity index (χ2v) is 5.76. The van der Waals surface area contributed by atoms with Gasteiger partial charge in [0.2, 0.25) is 11.8 Å². The standard InChI is InChI=1S/C15H16N5O2.C3H6.CH4S.Cs.K.H2O.U/c1-8-9-6-17-11(16-2)5-10(9)20-13(8)12-14(21-3)18-7-19-15(12)22-4;1-2-3-1;1-2;;;;/h5-7,20H,1-4H3;1-3H2;2H,1H3;;;1H2;/q-1;;;2*+1;;/p-2. The van der Waals surface area contributed by atoms with Crippen LogP contribution in [0.15, 0.2) is 18.6 Å². The molecular weight excluding hydrogens is 788 g/mol. The maximum absolute atomic E-state index is 5.35. The number of rotatable bonds is 4. The van der Waals surface area contributed by atoms with E-state index in [-0.39, 0.29) is 157 Å². The minimum absolute atomic E-state index is 0. The number of methoxy groups -OCH3 is 2. The molecule has 158 valence electrons. The molecule has 1 aliphatic rings. The molecule has 0 amide bonds. The second-order valence-electron chi connectivity index (χ2n) is 5.76. The Balaban J connectivity index is -0.000000786. The molecular formula is C19H26CsKN5O3SU-. The summed E-state index contributed by atoms with van der Waals surface area (Å²) in [7, 11) is 4.85. The van der Waals surface area contributed by atoms with Crippen LogP contribution in [0.2, 0.25) is 0 Å². The Morgan fingerprint density at radius 3 is 1.97 bits per heavy atom.